The fourth-order valence-electron chi connectivity index (χ4n) is 2.11. The Labute approximate surface area is 111 Å². The number of aromatic nitrogens is 1. The number of nitrogens with zero attached hydrogens (tertiary/aromatic N) is 3. The fraction of sp³-hybridized carbons (Fsp3) is 0.667. The highest BCUT2D eigenvalue weighted by Gasteiger charge is 2.18. The normalized spacial score (nSPS) is 17.1. The number of thiazole rings is 1. The quantitative estimate of drug-likeness (QED) is 0.876. The van der Waals surface area contributed by atoms with Crippen LogP contribution in [-0.4, -0.2) is 53.7 Å². The minimum Gasteiger partial charge on any atom is -0.481 e. The number of hydrogen-bond acceptors (Lipinski definition) is 5. The summed E-state index contributed by atoms with van der Waals surface area (Å²) >= 11 is 1.74. The van der Waals surface area contributed by atoms with Crippen LogP contribution in [0.4, 0.5) is 5.13 Å². The summed E-state index contributed by atoms with van der Waals surface area (Å²) in [5.41, 5.74) is 0. The Morgan fingerprint density at radius 1 is 1.44 bits per heavy atom. The number of carbonyl (C=O) groups is 1. The maximum atomic E-state index is 10.4. The Morgan fingerprint density at radius 2 is 2.17 bits per heavy atom. The highest BCUT2D eigenvalue weighted by Crippen LogP contribution is 2.22. The number of anilines is 1. The zero-order valence-electron chi connectivity index (χ0n) is 10.6. The Morgan fingerprint density at radius 3 is 2.72 bits per heavy atom. The van der Waals surface area contributed by atoms with Crippen molar-refractivity contribution in [3.05, 3.63) is 11.1 Å². The van der Waals surface area contributed by atoms with Gasteiger partial charge in [-0.1, -0.05) is 0 Å². The van der Waals surface area contributed by atoms with Crippen LogP contribution >= 0.6 is 11.3 Å². The van der Waals surface area contributed by atoms with Crippen molar-refractivity contribution in [3.63, 3.8) is 0 Å². The molecule has 0 atom stereocenters. The summed E-state index contributed by atoms with van der Waals surface area (Å²) in [6.07, 6.45) is 2.93. The Balaban J connectivity index is 1.73. The lowest BCUT2D eigenvalue weighted by Gasteiger charge is -2.34. The SMILES string of the molecule is Cc1cnc(N2CCN(CCCC(=O)O)CC2)s1. The number of aliphatic carboxylic acids is 1. The molecule has 2 heterocycles. The van der Waals surface area contributed by atoms with Gasteiger partial charge in [-0.25, -0.2) is 4.98 Å². The molecule has 6 heteroatoms. The smallest absolute Gasteiger partial charge is 0.303 e. The van der Waals surface area contributed by atoms with Crippen LogP contribution in [0.15, 0.2) is 6.20 Å². The van der Waals surface area contributed by atoms with Crippen molar-refractivity contribution in [1.82, 2.24) is 9.88 Å². The molecule has 5 nitrogen and oxygen atoms in total. The van der Waals surface area contributed by atoms with Gasteiger partial charge < -0.3 is 10.0 Å². The van der Waals surface area contributed by atoms with E-state index in [-0.39, 0.29) is 6.42 Å². The average Bonchev–Trinajstić information content (AvgIpc) is 2.76. The minimum absolute atomic E-state index is 0.270. The van der Waals surface area contributed by atoms with Crippen LogP contribution in [0.5, 0.6) is 0 Å². The zero-order chi connectivity index (χ0) is 13.0. The Kier molecular flexibility index (Phi) is 4.54. The van der Waals surface area contributed by atoms with Gasteiger partial charge in [0.05, 0.1) is 0 Å². The minimum atomic E-state index is -0.702. The van der Waals surface area contributed by atoms with Crippen molar-refractivity contribution < 1.29 is 9.90 Å². The lowest BCUT2D eigenvalue weighted by molar-refractivity contribution is -0.137. The second-order valence-corrected chi connectivity index (χ2v) is 5.79. The molecule has 0 unspecified atom stereocenters. The van der Waals surface area contributed by atoms with Gasteiger partial charge in [0.1, 0.15) is 0 Å². The van der Waals surface area contributed by atoms with Crippen LogP contribution in [0.25, 0.3) is 0 Å². The van der Waals surface area contributed by atoms with Gasteiger partial charge in [-0.15, -0.1) is 11.3 Å². The molecule has 1 aromatic heterocycles. The molecule has 0 aromatic carbocycles. The first-order valence-electron chi connectivity index (χ1n) is 6.26. The molecule has 0 bridgehead atoms. The van der Waals surface area contributed by atoms with Gasteiger partial charge >= 0.3 is 5.97 Å². The van der Waals surface area contributed by atoms with Crippen molar-refractivity contribution in [3.8, 4) is 0 Å². The van der Waals surface area contributed by atoms with Gasteiger partial charge in [-0.05, 0) is 19.9 Å². The van der Waals surface area contributed by atoms with Crippen molar-refractivity contribution in [2.45, 2.75) is 19.8 Å². The standard InChI is InChI=1S/C12H19N3O2S/c1-10-9-13-12(18-10)15-7-5-14(6-8-15)4-2-3-11(16)17/h9H,2-8H2,1H3,(H,16,17). The van der Waals surface area contributed by atoms with E-state index in [1.807, 2.05) is 6.20 Å². The summed E-state index contributed by atoms with van der Waals surface area (Å²) < 4.78 is 0. The highest BCUT2D eigenvalue weighted by atomic mass is 32.1. The Hall–Kier alpha value is -1.14. The van der Waals surface area contributed by atoms with Crippen molar-refractivity contribution in [1.29, 1.82) is 0 Å². The molecule has 1 aromatic rings. The molecule has 0 radical (unpaired) electrons. The van der Waals surface area contributed by atoms with Crippen LogP contribution in [0.1, 0.15) is 17.7 Å². The maximum Gasteiger partial charge on any atom is 0.303 e. The van der Waals surface area contributed by atoms with Crippen LogP contribution in [0.2, 0.25) is 0 Å². The zero-order valence-corrected chi connectivity index (χ0v) is 11.4. The lowest BCUT2D eigenvalue weighted by Crippen LogP contribution is -2.46. The summed E-state index contributed by atoms with van der Waals surface area (Å²) in [7, 11) is 0. The number of piperazine rings is 1. The van der Waals surface area contributed by atoms with E-state index < -0.39 is 5.97 Å². The molecule has 1 aliphatic rings. The molecule has 18 heavy (non-hydrogen) atoms. The number of carboxylic acids is 1. The predicted molar refractivity (Wildman–Crippen MR) is 72.4 cm³/mol. The molecule has 0 spiro atoms. The summed E-state index contributed by atoms with van der Waals surface area (Å²) in [5.74, 6) is -0.702. The third-order valence-electron chi connectivity index (χ3n) is 3.12. The lowest BCUT2D eigenvalue weighted by atomic mass is 10.2. The molecule has 1 aliphatic heterocycles. The largest absolute Gasteiger partial charge is 0.481 e. The second kappa shape index (κ2) is 6.15. The van der Waals surface area contributed by atoms with Crippen molar-refractivity contribution in [2.75, 3.05) is 37.6 Å². The van der Waals surface area contributed by atoms with E-state index in [0.29, 0.717) is 0 Å². The van der Waals surface area contributed by atoms with Crippen molar-refractivity contribution in [2.24, 2.45) is 0 Å². The maximum absolute atomic E-state index is 10.4. The molecule has 1 N–H and O–H groups in total. The molecular weight excluding hydrogens is 250 g/mol. The first-order chi connectivity index (χ1) is 8.65. The molecule has 100 valence electrons. The Bertz CT molecular complexity index is 400. The van der Waals surface area contributed by atoms with Gasteiger partial charge in [-0.3, -0.25) is 9.69 Å². The average molecular weight is 269 g/mol. The molecule has 0 amide bonds. The van der Waals surface area contributed by atoms with E-state index in [9.17, 15) is 4.79 Å². The second-order valence-electron chi connectivity index (χ2n) is 4.58. The van der Waals surface area contributed by atoms with Crippen molar-refractivity contribution >= 4 is 22.4 Å². The molecule has 1 saturated heterocycles. The van der Waals surface area contributed by atoms with E-state index in [2.05, 4.69) is 21.7 Å². The van der Waals surface area contributed by atoms with E-state index >= 15 is 0 Å². The molecule has 0 saturated carbocycles. The number of hydrogen-bond donors (Lipinski definition) is 1. The van der Waals surface area contributed by atoms with Crippen LogP contribution in [-0.2, 0) is 4.79 Å². The first kappa shape index (κ1) is 13.3. The highest BCUT2D eigenvalue weighted by molar-refractivity contribution is 7.15. The van der Waals surface area contributed by atoms with E-state index in [0.717, 1.165) is 44.3 Å². The number of rotatable bonds is 5. The summed E-state index contributed by atoms with van der Waals surface area (Å²) in [4.78, 5) is 20.7. The third-order valence-corrected chi connectivity index (χ3v) is 4.09. The predicted octanol–water partition coefficient (Wildman–Crippen LogP) is 1.44. The number of carboxylic acid groups (broad SMARTS) is 1. The fourth-order valence-corrected chi connectivity index (χ4v) is 2.92. The topological polar surface area (TPSA) is 56.7 Å². The van der Waals surface area contributed by atoms with Gasteiger partial charge in [-0.2, -0.15) is 0 Å². The van der Waals surface area contributed by atoms with Gasteiger partial charge in [0.15, 0.2) is 5.13 Å². The van der Waals surface area contributed by atoms with Crippen LogP contribution < -0.4 is 4.90 Å². The summed E-state index contributed by atoms with van der Waals surface area (Å²) in [6.45, 7) is 6.93. The first-order valence-corrected chi connectivity index (χ1v) is 7.08. The van der Waals surface area contributed by atoms with E-state index in [4.69, 9.17) is 5.11 Å². The monoisotopic (exact) mass is 269 g/mol. The van der Waals surface area contributed by atoms with E-state index in [1.165, 1.54) is 4.88 Å². The van der Waals surface area contributed by atoms with Crippen LogP contribution in [0.3, 0.4) is 0 Å². The summed E-state index contributed by atoms with van der Waals surface area (Å²) in [6, 6.07) is 0. The molecular formula is C12H19N3O2S. The van der Waals surface area contributed by atoms with E-state index in [1.54, 1.807) is 11.3 Å². The third kappa shape index (κ3) is 3.68. The number of aryl methyl sites for hydroxylation is 1. The van der Waals surface area contributed by atoms with Gasteiger partial charge in [0.25, 0.3) is 0 Å². The molecule has 1 fully saturated rings. The molecule has 2 rings (SSSR count). The van der Waals surface area contributed by atoms with Gasteiger partial charge in [0.2, 0.25) is 0 Å². The van der Waals surface area contributed by atoms with Crippen LogP contribution in [0, 0.1) is 6.92 Å². The summed E-state index contributed by atoms with van der Waals surface area (Å²) in [5, 5.41) is 9.71. The molecule has 0 aliphatic carbocycles. The van der Waals surface area contributed by atoms with Gasteiger partial charge in [0, 0.05) is 43.7 Å².